The van der Waals surface area contributed by atoms with E-state index in [9.17, 15) is 13.5 Å². The van der Waals surface area contributed by atoms with Crippen molar-refractivity contribution in [2.45, 2.75) is 57.5 Å². The average Bonchev–Trinajstić information content (AvgIpc) is 2.91. The average molecular weight is 335 g/mol. The highest BCUT2D eigenvalue weighted by Crippen LogP contribution is 2.26. The van der Waals surface area contributed by atoms with Crippen molar-refractivity contribution in [1.29, 1.82) is 0 Å². The van der Waals surface area contributed by atoms with Gasteiger partial charge < -0.3 is 5.11 Å². The first-order valence-corrected chi connectivity index (χ1v) is 9.49. The van der Waals surface area contributed by atoms with Gasteiger partial charge in [0.05, 0.1) is 16.7 Å². The molecule has 1 unspecified atom stereocenters. The first-order chi connectivity index (χ1) is 10.9. The van der Waals surface area contributed by atoms with Crippen LogP contribution in [0, 0.1) is 13.8 Å². The van der Waals surface area contributed by atoms with Crippen LogP contribution in [0.2, 0.25) is 0 Å². The van der Waals surface area contributed by atoms with E-state index in [-0.39, 0.29) is 4.90 Å². The first-order valence-electron chi connectivity index (χ1n) is 8.05. The maximum atomic E-state index is 12.9. The lowest BCUT2D eigenvalue weighted by Gasteiger charge is -2.15. The molecule has 0 aliphatic rings. The molecule has 1 atom stereocenters. The molecule has 1 N–H and O–H groups in total. The number of aromatic nitrogens is 1. The Morgan fingerprint density at radius 1 is 1.09 bits per heavy atom. The summed E-state index contributed by atoms with van der Waals surface area (Å²) in [4.78, 5) is 0.237. The highest BCUT2D eigenvalue weighted by molar-refractivity contribution is 7.90. The number of rotatable bonds is 7. The van der Waals surface area contributed by atoms with Crippen LogP contribution in [-0.4, -0.2) is 17.5 Å². The fourth-order valence-electron chi connectivity index (χ4n) is 2.60. The predicted octanol–water partition coefficient (Wildman–Crippen LogP) is 3.96. The van der Waals surface area contributed by atoms with Crippen LogP contribution in [0.15, 0.2) is 41.4 Å². The van der Waals surface area contributed by atoms with Crippen molar-refractivity contribution in [3.05, 3.63) is 53.3 Å². The summed E-state index contributed by atoms with van der Waals surface area (Å²) >= 11 is 0. The number of hydrogen-bond acceptors (Lipinski definition) is 3. The van der Waals surface area contributed by atoms with Crippen molar-refractivity contribution in [2.75, 3.05) is 0 Å². The van der Waals surface area contributed by atoms with Gasteiger partial charge in [-0.15, -0.1) is 0 Å². The third kappa shape index (κ3) is 4.03. The van der Waals surface area contributed by atoms with Crippen molar-refractivity contribution < 1.29 is 13.5 Å². The molecule has 2 aromatic rings. The largest absolute Gasteiger partial charge is 0.387 e. The molecule has 0 aliphatic carbocycles. The van der Waals surface area contributed by atoms with Crippen molar-refractivity contribution in [3.63, 3.8) is 0 Å². The van der Waals surface area contributed by atoms with E-state index < -0.39 is 16.1 Å². The van der Waals surface area contributed by atoms with Gasteiger partial charge in [-0.2, -0.15) is 0 Å². The lowest BCUT2D eigenvalue weighted by molar-refractivity contribution is 0.158. The molecule has 0 saturated carbocycles. The molecule has 4 nitrogen and oxygen atoms in total. The zero-order valence-corrected chi connectivity index (χ0v) is 14.8. The summed E-state index contributed by atoms with van der Waals surface area (Å²) in [6.45, 7) is 5.85. The minimum Gasteiger partial charge on any atom is -0.387 e. The molecule has 0 aliphatic heterocycles. The molecule has 126 valence electrons. The molecule has 1 aromatic carbocycles. The number of aliphatic hydroxyl groups excluding tert-OH is 1. The number of nitrogens with zero attached hydrogens (tertiary/aromatic N) is 1. The van der Waals surface area contributed by atoms with E-state index in [1.807, 2.05) is 13.8 Å². The van der Waals surface area contributed by atoms with Gasteiger partial charge in [-0.1, -0.05) is 43.9 Å². The quantitative estimate of drug-likeness (QED) is 0.779. The van der Waals surface area contributed by atoms with Gasteiger partial charge in [0, 0.05) is 6.20 Å². The number of aryl methyl sites for hydroxylation is 2. The molecular weight excluding hydrogens is 310 g/mol. The fourth-order valence-corrected chi connectivity index (χ4v) is 4.07. The Morgan fingerprint density at radius 3 is 2.35 bits per heavy atom. The zero-order chi connectivity index (χ0) is 17.0. The van der Waals surface area contributed by atoms with Crippen LogP contribution >= 0.6 is 0 Å². The van der Waals surface area contributed by atoms with Gasteiger partial charge in [0.25, 0.3) is 10.0 Å². The summed E-state index contributed by atoms with van der Waals surface area (Å²) in [5.74, 6) is 0. The van der Waals surface area contributed by atoms with E-state index in [1.54, 1.807) is 36.5 Å². The van der Waals surface area contributed by atoms with Gasteiger partial charge in [-0.3, -0.25) is 0 Å². The van der Waals surface area contributed by atoms with Crippen molar-refractivity contribution in [3.8, 4) is 0 Å². The Morgan fingerprint density at radius 2 is 1.74 bits per heavy atom. The van der Waals surface area contributed by atoms with Gasteiger partial charge >= 0.3 is 0 Å². The second-order valence-electron chi connectivity index (χ2n) is 6.07. The van der Waals surface area contributed by atoms with Crippen molar-refractivity contribution in [1.82, 2.24) is 3.97 Å². The molecule has 0 fully saturated rings. The third-order valence-corrected chi connectivity index (χ3v) is 5.65. The summed E-state index contributed by atoms with van der Waals surface area (Å²) in [5, 5.41) is 10.4. The fraction of sp³-hybridized carbons (Fsp3) is 0.444. The summed E-state index contributed by atoms with van der Waals surface area (Å²) in [5.41, 5.74) is 2.27. The van der Waals surface area contributed by atoms with Crippen LogP contribution in [0.1, 0.15) is 55.5 Å². The van der Waals surface area contributed by atoms with Gasteiger partial charge in [0.1, 0.15) is 0 Å². The molecule has 0 saturated heterocycles. The zero-order valence-electron chi connectivity index (χ0n) is 14.0. The van der Waals surface area contributed by atoms with Gasteiger partial charge in [0.2, 0.25) is 0 Å². The summed E-state index contributed by atoms with van der Waals surface area (Å²) in [7, 11) is -3.68. The van der Waals surface area contributed by atoms with Crippen LogP contribution in [0.25, 0.3) is 0 Å². The maximum absolute atomic E-state index is 12.9. The SMILES string of the molecule is CCCCCC(O)c1cc(C)cn1S(=O)(=O)c1ccc(C)cc1. The van der Waals surface area contributed by atoms with Gasteiger partial charge in [-0.05, 0) is 44.0 Å². The predicted molar refractivity (Wildman–Crippen MR) is 92.0 cm³/mol. The molecule has 0 radical (unpaired) electrons. The van der Waals surface area contributed by atoms with E-state index in [1.165, 1.54) is 3.97 Å². The maximum Gasteiger partial charge on any atom is 0.267 e. The minimum atomic E-state index is -3.68. The standard InChI is InChI=1S/C18H25NO3S/c1-4-5-6-7-18(20)17-12-15(3)13-19(17)23(21,22)16-10-8-14(2)9-11-16/h8-13,18,20H,4-7H2,1-3H3. The number of aliphatic hydroxyl groups is 1. The molecule has 0 amide bonds. The second-order valence-corrected chi connectivity index (χ2v) is 7.88. The van der Waals surface area contributed by atoms with Crippen LogP contribution in [0.4, 0.5) is 0 Å². The van der Waals surface area contributed by atoms with E-state index in [0.29, 0.717) is 12.1 Å². The highest BCUT2D eigenvalue weighted by Gasteiger charge is 2.23. The summed E-state index contributed by atoms with van der Waals surface area (Å²) < 4.78 is 27.0. The first kappa shape index (κ1) is 17.8. The van der Waals surface area contributed by atoms with E-state index in [0.717, 1.165) is 30.4 Å². The Bertz CT molecular complexity index is 745. The minimum absolute atomic E-state index is 0.237. The Kier molecular flexibility index (Phi) is 5.65. The second kappa shape index (κ2) is 7.32. The number of unbranched alkanes of at least 4 members (excludes halogenated alkanes) is 2. The van der Waals surface area contributed by atoms with Crippen LogP contribution < -0.4 is 0 Å². The smallest absolute Gasteiger partial charge is 0.267 e. The molecule has 5 heteroatoms. The normalized spacial score (nSPS) is 13.2. The molecular formula is C18H25NO3S. The molecule has 0 spiro atoms. The van der Waals surface area contributed by atoms with E-state index >= 15 is 0 Å². The van der Waals surface area contributed by atoms with Gasteiger partial charge in [-0.25, -0.2) is 12.4 Å². The molecule has 0 bridgehead atoms. The molecule has 2 rings (SSSR count). The molecule has 1 heterocycles. The monoisotopic (exact) mass is 335 g/mol. The Hall–Kier alpha value is -1.59. The summed E-state index contributed by atoms with van der Waals surface area (Å²) in [6.07, 6.45) is 4.35. The number of benzene rings is 1. The van der Waals surface area contributed by atoms with E-state index in [2.05, 4.69) is 6.92 Å². The Balaban J connectivity index is 2.37. The van der Waals surface area contributed by atoms with Crippen LogP contribution in [0.3, 0.4) is 0 Å². The van der Waals surface area contributed by atoms with E-state index in [4.69, 9.17) is 0 Å². The lowest BCUT2D eigenvalue weighted by atomic mass is 10.1. The summed E-state index contributed by atoms with van der Waals surface area (Å²) in [6, 6.07) is 8.52. The van der Waals surface area contributed by atoms with Crippen LogP contribution in [-0.2, 0) is 10.0 Å². The van der Waals surface area contributed by atoms with Crippen molar-refractivity contribution in [2.24, 2.45) is 0 Å². The topological polar surface area (TPSA) is 59.3 Å². The van der Waals surface area contributed by atoms with Gasteiger partial charge in [0.15, 0.2) is 0 Å². The van der Waals surface area contributed by atoms with Crippen LogP contribution in [0.5, 0.6) is 0 Å². The highest BCUT2D eigenvalue weighted by atomic mass is 32.2. The van der Waals surface area contributed by atoms with Crippen molar-refractivity contribution >= 4 is 10.0 Å². The third-order valence-electron chi connectivity index (χ3n) is 3.95. The Labute approximate surface area is 138 Å². The lowest BCUT2D eigenvalue weighted by Crippen LogP contribution is -2.17. The molecule has 23 heavy (non-hydrogen) atoms. The molecule has 1 aromatic heterocycles. The number of hydrogen-bond donors (Lipinski definition) is 1.